The fourth-order valence-corrected chi connectivity index (χ4v) is 2.00. The van der Waals surface area contributed by atoms with Crippen molar-refractivity contribution in [3.63, 3.8) is 0 Å². The summed E-state index contributed by atoms with van der Waals surface area (Å²) >= 11 is 0. The smallest absolute Gasteiger partial charge is 0.305 e. The summed E-state index contributed by atoms with van der Waals surface area (Å²) in [5.41, 5.74) is 0.527. The van der Waals surface area contributed by atoms with Crippen LogP contribution in [0, 0.1) is 0 Å². The Balaban J connectivity index is 2.36. The molecule has 0 radical (unpaired) electrons. The Kier molecular flexibility index (Phi) is 7.36. The van der Waals surface area contributed by atoms with Gasteiger partial charge in [-0.15, -0.1) is 0 Å². The van der Waals surface area contributed by atoms with E-state index < -0.39 is 0 Å². The van der Waals surface area contributed by atoms with Crippen molar-refractivity contribution in [1.29, 1.82) is 0 Å². The number of methoxy groups -OCH3 is 1. The van der Waals surface area contributed by atoms with Crippen molar-refractivity contribution in [3.8, 4) is 0 Å². The van der Waals surface area contributed by atoms with Crippen molar-refractivity contribution in [2.24, 2.45) is 0 Å². The maximum atomic E-state index is 12.0. The number of nitrogens with one attached hydrogen (secondary N) is 1. The zero-order valence-electron chi connectivity index (χ0n) is 13.4. The van der Waals surface area contributed by atoms with Crippen LogP contribution in [-0.4, -0.2) is 37.8 Å². The minimum Gasteiger partial charge on any atom is -0.492 e. The second kappa shape index (κ2) is 9.02. The van der Waals surface area contributed by atoms with Gasteiger partial charge in [-0.1, -0.05) is 13.3 Å². The molecule has 0 amide bonds. The van der Waals surface area contributed by atoms with Gasteiger partial charge in [-0.2, -0.15) is 0 Å². The number of carbonyl (C=O) groups excluding carboxylic acids is 3. The number of allylic oxidation sites excluding steroid dienone is 2. The summed E-state index contributed by atoms with van der Waals surface area (Å²) in [5, 5.41) is 2.89. The van der Waals surface area contributed by atoms with Crippen LogP contribution in [0.25, 0.3) is 0 Å². The first-order valence-corrected chi connectivity index (χ1v) is 7.46. The van der Waals surface area contributed by atoms with Crippen LogP contribution in [0.3, 0.4) is 0 Å². The molecule has 0 aliphatic heterocycles. The van der Waals surface area contributed by atoms with Gasteiger partial charge in [0.05, 0.1) is 19.4 Å². The minimum absolute atomic E-state index is 0.0788. The standard InChI is InChI=1S/C16H23NO5/c1-4-5-9-22-14(19)7-6-8-17-12-10-13(18)16(21-3)11(2)15(12)20/h10,17H,4-9H2,1-3H3. The van der Waals surface area contributed by atoms with Crippen molar-refractivity contribution in [2.45, 2.75) is 39.5 Å². The summed E-state index contributed by atoms with van der Waals surface area (Å²) in [7, 11) is 1.36. The summed E-state index contributed by atoms with van der Waals surface area (Å²) in [5.74, 6) is -0.758. The van der Waals surface area contributed by atoms with Gasteiger partial charge in [0.1, 0.15) is 0 Å². The van der Waals surface area contributed by atoms with E-state index in [1.54, 1.807) is 6.92 Å². The van der Waals surface area contributed by atoms with Gasteiger partial charge in [0.25, 0.3) is 0 Å². The maximum Gasteiger partial charge on any atom is 0.305 e. The first-order valence-electron chi connectivity index (χ1n) is 7.46. The second-order valence-corrected chi connectivity index (χ2v) is 5.01. The number of unbranched alkanes of at least 4 members (excludes halogenated alkanes) is 1. The summed E-state index contributed by atoms with van der Waals surface area (Å²) < 4.78 is 9.95. The Morgan fingerprint density at radius 3 is 2.64 bits per heavy atom. The van der Waals surface area contributed by atoms with Gasteiger partial charge in [-0.05, 0) is 19.8 Å². The Morgan fingerprint density at radius 2 is 2.00 bits per heavy atom. The van der Waals surface area contributed by atoms with E-state index in [2.05, 4.69) is 5.32 Å². The van der Waals surface area contributed by atoms with E-state index in [4.69, 9.17) is 9.47 Å². The number of carbonyl (C=O) groups is 3. The average molecular weight is 309 g/mol. The molecule has 0 saturated carbocycles. The van der Waals surface area contributed by atoms with Gasteiger partial charge in [-0.25, -0.2) is 0 Å². The molecule has 122 valence electrons. The largest absolute Gasteiger partial charge is 0.492 e. The second-order valence-electron chi connectivity index (χ2n) is 5.01. The van der Waals surface area contributed by atoms with Gasteiger partial charge in [0.2, 0.25) is 11.6 Å². The van der Waals surface area contributed by atoms with Gasteiger partial charge in [0, 0.05) is 24.6 Å². The molecule has 0 atom stereocenters. The number of rotatable bonds is 9. The van der Waals surface area contributed by atoms with Gasteiger partial charge >= 0.3 is 5.97 Å². The Labute approximate surface area is 130 Å². The summed E-state index contributed by atoms with van der Waals surface area (Å²) in [6.07, 6.45) is 3.89. The first-order chi connectivity index (χ1) is 10.5. The monoisotopic (exact) mass is 309 g/mol. The van der Waals surface area contributed by atoms with E-state index in [1.807, 2.05) is 6.92 Å². The SMILES string of the molecule is CCCCOC(=O)CCCNC1=CC(=O)C(OC)=C(C)C1=O. The molecule has 0 aromatic heterocycles. The number of hydrogen-bond acceptors (Lipinski definition) is 6. The van der Waals surface area contributed by atoms with Crippen molar-refractivity contribution in [1.82, 2.24) is 5.32 Å². The third kappa shape index (κ3) is 5.02. The van der Waals surface area contributed by atoms with Gasteiger partial charge in [0.15, 0.2) is 5.76 Å². The molecule has 1 aliphatic carbocycles. The highest BCUT2D eigenvalue weighted by molar-refractivity contribution is 6.21. The van der Waals surface area contributed by atoms with Crippen LogP contribution in [0.1, 0.15) is 39.5 Å². The molecule has 0 unspecified atom stereocenters. The van der Waals surface area contributed by atoms with Gasteiger partial charge < -0.3 is 14.8 Å². The number of hydrogen-bond donors (Lipinski definition) is 1. The molecule has 0 saturated heterocycles. The topological polar surface area (TPSA) is 81.7 Å². The Morgan fingerprint density at radius 1 is 1.27 bits per heavy atom. The Hall–Kier alpha value is -2.11. The maximum absolute atomic E-state index is 12.0. The van der Waals surface area contributed by atoms with Crippen LogP contribution in [0.2, 0.25) is 0 Å². The fourth-order valence-electron chi connectivity index (χ4n) is 2.00. The molecular weight excluding hydrogens is 286 g/mol. The molecule has 0 spiro atoms. The van der Waals surface area contributed by atoms with E-state index in [0.29, 0.717) is 19.6 Å². The quantitative estimate of drug-likeness (QED) is 0.396. The highest BCUT2D eigenvalue weighted by Gasteiger charge is 2.26. The zero-order valence-corrected chi connectivity index (χ0v) is 13.4. The van der Waals surface area contributed by atoms with Crippen LogP contribution >= 0.6 is 0 Å². The lowest BCUT2D eigenvalue weighted by Crippen LogP contribution is -2.28. The van der Waals surface area contributed by atoms with Crippen LogP contribution in [-0.2, 0) is 23.9 Å². The van der Waals surface area contributed by atoms with Crippen molar-refractivity contribution < 1.29 is 23.9 Å². The van der Waals surface area contributed by atoms with Crippen LogP contribution in [0.5, 0.6) is 0 Å². The summed E-state index contributed by atoms with van der Waals surface area (Å²) in [6.45, 7) is 4.45. The molecular formula is C16H23NO5. The highest BCUT2D eigenvalue weighted by atomic mass is 16.5. The third-order valence-electron chi connectivity index (χ3n) is 3.26. The molecule has 0 bridgehead atoms. The zero-order chi connectivity index (χ0) is 16.5. The summed E-state index contributed by atoms with van der Waals surface area (Å²) in [4.78, 5) is 35.2. The van der Waals surface area contributed by atoms with Crippen molar-refractivity contribution >= 4 is 17.5 Å². The minimum atomic E-state index is -0.332. The molecule has 1 rings (SSSR count). The predicted molar refractivity (Wildman–Crippen MR) is 80.9 cm³/mol. The van der Waals surface area contributed by atoms with E-state index in [1.165, 1.54) is 13.2 Å². The van der Waals surface area contributed by atoms with Crippen molar-refractivity contribution in [3.05, 3.63) is 23.1 Å². The van der Waals surface area contributed by atoms with E-state index >= 15 is 0 Å². The molecule has 1 aliphatic rings. The van der Waals surface area contributed by atoms with Gasteiger partial charge in [-0.3, -0.25) is 14.4 Å². The highest BCUT2D eigenvalue weighted by Crippen LogP contribution is 2.17. The molecule has 0 heterocycles. The van der Waals surface area contributed by atoms with E-state index in [-0.39, 0.29) is 41.0 Å². The number of esters is 1. The lowest BCUT2D eigenvalue weighted by Gasteiger charge is -2.16. The lowest BCUT2D eigenvalue weighted by atomic mass is 10.00. The predicted octanol–water partition coefficient (Wildman–Crippen LogP) is 1.66. The molecule has 0 aromatic carbocycles. The number of Topliss-reactive ketones (excluding diaryl/α,β-unsaturated/α-hetero) is 1. The van der Waals surface area contributed by atoms with E-state index in [0.717, 1.165) is 12.8 Å². The molecule has 0 aromatic rings. The lowest BCUT2D eigenvalue weighted by molar-refractivity contribution is -0.143. The van der Waals surface area contributed by atoms with Crippen LogP contribution in [0.15, 0.2) is 23.1 Å². The van der Waals surface area contributed by atoms with Crippen LogP contribution < -0.4 is 5.32 Å². The number of ketones is 2. The summed E-state index contributed by atoms with van der Waals surface area (Å²) in [6, 6.07) is 0. The molecule has 0 fully saturated rings. The van der Waals surface area contributed by atoms with Crippen molar-refractivity contribution in [2.75, 3.05) is 20.3 Å². The van der Waals surface area contributed by atoms with E-state index in [9.17, 15) is 14.4 Å². The fraction of sp³-hybridized carbons (Fsp3) is 0.562. The average Bonchev–Trinajstić information content (AvgIpc) is 2.49. The number of ether oxygens (including phenoxy) is 2. The Bertz CT molecular complexity index is 505. The first kappa shape index (κ1) is 17.9. The van der Waals surface area contributed by atoms with Crippen LogP contribution in [0.4, 0.5) is 0 Å². The molecule has 6 nitrogen and oxygen atoms in total. The third-order valence-corrected chi connectivity index (χ3v) is 3.26. The molecule has 22 heavy (non-hydrogen) atoms. The normalized spacial score (nSPS) is 14.8. The molecule has 1 N–H and O–H groups in total. The molecule has 6 heteroatoms.